The quantitative estimate of drug-likeness (QED) is 0.357. The first-order chi connectivity index (χ1) is 12.6. The highest BCUT2D eigenvalue weighted by Gasteiger charge is 2.16. The van der Waals surface area contributed by atoms with Gasteiger partial charge in [-0.3, -0.25) is 4.79 Å². The highest BCUT2D eigenvalue weighted by atomic mass is 32.2. The van der Waals surface area contributed by atoms with E-state index in [1.165, 1.54) is 11.8 Å². The topological polar surface area (TPSA) is 82.3 Å². The summed E-state index contributed by atoms with van der Waals surface area (Å²) in [5.41, 5.74) is 0.907. The van der Waals surface area contributed by atoms with E-state index in [0.29, 0.717) is 28.6 Å². The summed E-state index contributed by atoms with van der Waals surface area (Å²) >= 11 is 1.39. The van der Waals surface area contributed by atoms with Gasteiger partial charge in [-0.15, -0.1) is 11.8 Å². The van der Waals surface area contributed by atoms with Crippen LogP contribution in [0.2, 0.25) is 0 Å². The zero-order valence-corrected chi connectivity index (χ0v) is 14.9. The summed E-state index contributed by atoms with van der Waals surface area (Å²) in [6, 6.07) is 15.8. The standard InChI is InChI=1S/C19H16N2O4S/c1-13-20-18(25-21-13)12-26-17-10-6-5-9-15(17)19(23)24-11-16(22)14-7-3-2-4-8-14/h2-10H,11-12H2,1H3. The van der Waals surface area contributed by atoms with Crippen LogP contribution in [0.5, 0.6) is 0 Å². The summed E-state index contributed by atoms with van der Waals surface area (Å²) < 4.78 is 10.3. The summed E-state index contributed by atoms with van der Waals surface area (Å²) in [4.78, 5) is 29.3. The molecule has 0 bridgehead atoms. The van der Waals surface area contributed by atoms with Gasteiger partial charge in [-0.05, 0) is 19.1 Å². The van der Waals surface area contributed by atoms with Crippen LogP contribution in [-0.2, 0) is 10.5 Å². The first-order valence-corrected chi connectivity index (χ1v) is 8.88. The van der Waals surface area contributed by atoms with Gasteiger partial charge in [0.25, 0.3) is 0 Å². The number of rotatable bonds is 7. The first kappa shape index (κ1) is 17.9. The van der Waals surface area contributed by atoms with Crippen LogP contribution in [0.1, 0.15) is 32.4 Å². The Morgan fingerprint density at radius 3 is 2.54 bits per heavy atom. The van der Waals surface area contributed by atoms with E-state index in [1.54, 1.807) is 43.3 Å². The van der Waals surface area contributed by atoms with E-state index in [2.05, 4.69) is 10.1 Å². The average molecular weight is 368 g/mol. The van der Waals surface area contributed by atoms with Gasteiger partial charge in [0.1, 0.15) is 0 Å². The zero-order valence-electron chi connectivity index (χ0n) is 14.0. The maximum Gasteiger partial charge on any atom is 0.339 e. The molecule has 1 aromatic heterocycles. The van der Waals surface area contributed by atoms with Crippen molar-refractivity contribution >= 4 is 23.5 Å². The smallest absolute Gasteiger partial charge is 0.339 e. The van der Waals surface area contributed by atoms with Crippen molar-refractivity contribution in [1.29, 1.82) is 0 Å². The van der Waals surface area contributed by atoms with Crippen molar-refractivity contribution in [2.45, 2.75) is 17.6 Å². The lowest BCUT2D eigenvalue weighted by Crippen LogP contribution is -2.14. The molecule has 6 nitrogen and oxygen atoms in total. The SMILES string of the molecule is Cc1noc(CSc2ccccc2C(=O)OCC(=O)c2ccccc2)n1. The second-order valence-electron chi connectivity index (χ2n) is 5.39. The van der Waals surface area contributed by atoms with E-state index in [-0.39, 0.29) is 12.4 Å². The Morgan fingerprint density at radius 1 is 1.08 bits per heavy atom. The fourth-order valence-corrected chi connectivity index (χ4v) is 3.09. The van der Waals surface area contributed by atoms with Crippen LogP contribution in [0, 0.1) is 6.92 Å². The van der Waals surface area contributed by atoms with Crippen LogP contribution in [0.15, 0.2) is 64.0 Å². The third-order valence-corrected chi connectivity index (χ3v) is 4.52. The van der Waals surface area contributed by atoms with Crippen molar-refractivity contribution in [3.8, 4) is 0 Å². The van der Waals surface area contributed by atoms with Gasteiger partial charge >= 0.3 is 5.97 Å². The summed E-state index contributed by atoms with van der Waals surface area (Å²) in [5, 5.41) is 3.74. The first-order valence-electron chi connectivity index (χ1n) is 7.90. The molecule has 0 aliphatic rings. The molecule has 0 N–H and O–H groups in total. The molecule has 3 aromatic rings. The second-order valence-corrected chi connectivity index (χ2v) is 6.40. The molecule has 0 fully saturated rings. The van der Waals surface area contributed by atoms with Crippen molar-refractivity contribution in [1.82, 2.24) is 10.1 Å². The molecule has 0 atom stereocenters. The normalized spacial score (nSPS) is 10.5. The van der Waals surface area contributed by atoms with Gasteiger partial charge in [-0.2, -0.15) is 4.98 Å². The molecule has 0 radical (unpaired) electrons. The van der Waals surface area contributed by atoms with Crippen LogP contribution >= 0.6 is 11.8 Å². The number of ketones is 1. The number of hydrogen-bond acceptors (Lipinski definition) is 7. The number of hydrogen-bond donors (Lipinski definition) is 0. The molecule has 0 saturated heterocycles. The number of benzene rings is 2. The summed E-state index contributed by atoms with van der Waals surface area (Å²) in [6.45, 7) is 1.44. The highest BCUT2D eigenvalue weighted by Crippen LogP contribution is 2.26. The number of Topliss-reactive ketones (excluding diaryl/α,β-unsaturated/α-hetero) is 1. The highest BCUT2D eigenvalue weighted by molar-refractivity contribution is 7.98. The van der Waals surface area contributed by atoms with E-state index in [4.69, 9.17) is 9.26 Å². The van der Waals surface area contributed by atoms with E-state index >= 15 is 0 Å². The third-order valence-electron chi connectivity index (χ3n) is 3.46. The lowest BCUT2D eigenvalue weighted by atomic mass is 10.1. The Morgan fingerprint density at radius 2 is 1.81 bits per heavy atom. The maximum atomic E-state index is 12.4. The van der Waals surface area contributed by atoms with Crippen LogP contribution in [0.25, 0.3) is 0 Å². The molecule has 132 valence electrons. The van der Waals surface area contributed by atoms with Gasteiger partial charge < -0.3 is 9.26 Å². The molecule has 0 spiro atoms. The molecular weight excluding hydrogens is 352 g/mol. The largest absolute Gasteiger partial charge is 0.454 e. The van der Waals surface area contributed by atoms with E-state index in [0.717, 1.165) is 4.90 Å². The van der Waals surface area contributed by atoms with Crippen LogP contribution in [-0.4, -0.2) is 28.5 Å². The predicted octanol–water partition coefficient (Wildman–Crippen LogP) is 3.71. The number of aromatic nitrogens is 2. The van der Waals surface area contributed by atoms with E-state index in [1.807, 2.05) is 18.2 Å². The minimum Gasteiger partial charge on any atom is -0.454 e. The average Bonchev–Trinajstić information content (AvgIpc) is 3.10. The van der Waals surface area contributed by atoms with Crippen molar-refractivity contribution in [3.05, 3.63) is 77.4 Å². The molecule has 0 saturated carbocycles. The molecular formula is C19H16N2O4S. The van der Waals surface area contributed by atoms with Gasteiger partial charge in [0.05, 0.1) is 11.3 Å². The van der Waals surface area contributed by atoms with Crippen LogP contribution in [0.4, 0.5) is 0 Å². The lowest BCUT2D eigenvalue weighted by molar-refractivity contribution is 0.0471. The maximum absolute atomic E-state index is 12.4. The lowest BCUT2D eigenvalue weighted by Gasteiger charge is -2.08. The van der Waals surface area contributed by atoms with Gasteiger partial charge in [-0.25, -0.2) is 4.79 Å². The van der Waals surface area contributed by atoms with Crippen molar-refractivity contribution in [3.63, 3.8) is 0 Å². The zero-order chi connectivity index (χ0) is 18.4. The number of esters is 1. The van der Waals surface area contributed by atoms with Crippen LogP contribution < -0.4 is 0 Å². The number of nitrogens with zero attached hydrogens (tertiary/aromatic N) is 2. The number of thioether (sulfide) groups is 1. The Hall–Kier alpha value is -2.93. The van der Waals surface area contributed by atoms with E-state index in [9.17, 15) is 9.59 Å². The number of ether oxygens (including phenoxy) is 1. The van der Waals surface area contributed by atoms with Gasteiger partial charge in [0.2, 0.25) is 5.89 Å². The van der Waals surface area contributed by atoms with Crippen LogP contribution in [0.3, 0.4) is 0 Å². The molecule has 0 aliphatic carbocycles. The minimum atomic E-state index is -0.543. The number of carbonyl (C=O) groups excluding carboxylic acids is 2. The molecule has 0 unspecified atom stereocenters. The molecule has 1 heterocycles. The predicted molar refractivity (Wildman–Crippen MR) is 96.1 cm³/mol. The summed E-state index contributed by atoms with van der Waals surface area (Å²) in [6.07, 6.45) is 0. The fourth-order valence-electron chi connectivity index (χ4n) is 2.22. The van der Waals surface area contributed by atoms with Crippen molar-refractivity contribution in [2.24, 2.45) is 0 Å². The van der Waals surface area contributed by atoms with E-state index < -0.39 is 5.97 Å². The third kappa shape index (κ3) is 4.58. The number of carbonyl (C=O) groups is 2. The Kier molecular flexibility index (Phi) is 5.80. The second kappa shape index (κ2) is 8.44. The number of aryl methyl sites for hydroxylation is 1. The Bertz CT molecular complexity index is 909. The Labute approximate surface area is 154 Å². The molecule has 0 amide bonds. The summed E-state index contributed by atoms with van der Waals surface area (Å²) in [5.74, 6) is 0.695. The molecule has 3 rings (SSSR count). The molecule has 0 aliphatic heterocycles. The molecule has 2 aromatic carbocycles. The van der Waals surface area contributed by atoms with Crippen molar-refractivity contribution < 1.29 is 18.8 Å². The minimum absolute atomic E-state index is 0.245. The van der Waals surface area contributed by atoms with Gasteiger partial charge in [0, 0.05) is 10.5 Å². The monoisotopic (exact) mass is 368 g/mol. The fraction of sp³-hybridized carbons (Fsp3) is 0.158. The van der Waals surface area contributed by atoms with Gasteiger partial charge in [-0.1, -0.05) is 47.6 Å². The summed E-state index contributed by atoms with van der Waals surface area (Å²) in [7, 11) is 0. The Balaban J connectivity index is 1.63. The molecule has 7 heteroatoms. The van der Waals surface area contributed by atoms with Crippen molar-refractivity contribution in [2.75, 3.05) is 6.61 Å². The van der Waals surface area contributed by atoms with Gasteiger partial charge in [0.15, 0.2) is 18.2 Å². The molecule has 26 heavy (non-hydrogen) atoms.